The smallest absolute Gasteiger partial charge is 0.244 e. The van der Waals surface area contributed by atoms with Gasteiger partial charge >= 0.3 is 0 Å². The van der Waals surface area contributed by atoms with Crippen LogP contribution in [0, 0.1) is 0 Å². The van der Waals surface area contributed by atoms with Crippen molar-refractivity contribution in [3.63, 3.8) is 0 Å². The molecule has 5 heteroatoms. The van der Waals surface area contributed by atoms with Gasteiger partial charge in [-0.2, -0.15) is 0 Å². The summed E-state index contributed by atoms with van der Waals surface area (Å²) < 4.78 is 0.916. The van der Waals surface area contributed by atoms with Crippen molar-refractivity contribution in [2.75, 3.05) is 18.9 Å². The number of halogens is 2. The molecular weight excluding hydrogens is 291 g/mol. The molecule has 1 fully saturated rings. The molecule has 1 aliphatic rings. The van der Waals surface area contributed by atoms with Crippen LogP contribution in [0.1, 0.15) is 6.42 Å². The summed E-state index contributed by atoms with van der Waals surface area (Å²) in [5, 5.41) is 3.86. The second-order valence-corrected chi connectivity index (χ2v) is 5.16. The molecule has 0 saturated carbocycles. The summed E-state index contributed by atoms with van der Waals surface area (Å²) in [5.41, 5.74) is 0.862. The van der Waals surface area contributed by atoms with Crippen LogP contribution in [0.25, 0.3) is 0 Å². The van der Waals surface area contributed by atoms with Crippen LogP contribution in [-0.4, -0.2) is 30.4 Å². The first-order chi connectivity index (χ1) is 7.58. The Hall–Kier alpha value is -0.740. The number of anilines is 1. The molecule has 0 spiro atoms. The van der Waals surface area contributed by atoms with Crippen molar-refractivity contribution in [3.05, 3.63) is 27.7 Å². The highest BCUT2D eigenvalue weighted by Crippen LogP contribution is 2.27. The Morgan fingerprint density at radius 2 is 2.31 bits per heavy atom. The number of likely N-dealkylation sites (N-methyl/N-ethyl adjacent to an activating group) is 1. The fourth-order valence-corrected chi connectivity index (χ4v) is 2.29. The van der Waals surface area contributed by atoms with E-state index in [1.807, 2.05) is 19.2 Å². The third-order valence-corrected chi connectivity index (χ3v) is 3.61. The highest BCUT2D eigenvalue weighted by Gasteiger charge is 2.29. The maximum absolute atomic E-state index is 11.7. The second kappa shape index (κ2) is 4.63. The molecule has 16 heavy (non-hydrogen) atoms. The van der Waals surface area contributed by atoms with Gasteiger partial charge in [-0.15, -0.1) is 0 Å². The molecule has 1 N–H and O–H groups in total. The monoisotopic (exact) mass is 302 g/mol. The number of carbonyl (C=O) groups is 1. The van der Waals surface area contributed by atoms with Gasteiger partial charge in [-0.3, -0.25) is 4.79 Å². The number of nitrogens with one attached hydrogen (secondary N) is 1. The van der Waals surface area contributed by atoms with Crippen molar-refractivity contribution in [1.29, 1.82) is 0 Å². The first kappa shape index (κ1) is 11.7. The molecule has 0 aliphatic carbocycles. The van der Waals surface area contributed by atoms with Gasteiger partial charge in [-0.25, -0.2) is 0 Å². The van der Waals surface area contributed by atoms with Gasteiger partial charge in [0.05, 0.1) is 5.69 Å². The summed E-state index contributed by atoms with van der Waals surface area (Å²) in [4.78, 5) is 13.5. The molecule has 1 saturated heterocycles. The molecule has 3 nitrogen and oxygen atoms in total. The largest absolute Gasteiger partial charge is 0.373 e. The molecule has 1 atom stereocenters. The third-order valence-electron chi connectivity index (χ3n) is 2.69. The quantitative estimate of drug-likeness (QED) is 0.911. The van der Waals surface area contributed by atoms with Crippen molar-refractivity contribution in [1.82, 2.24) is 4.90 Å². The predicted octanol–water partition coefficient (Wildman–Crippen LogP) is 2.75. The molecule has 0 bridgehead atoms. The minimum atomic E-state index is -0.139. The predicted molar refractivity (Wildman–Crippen MR) is 68.8 cm³/mol. The summed E-state index contributed by atoms with van der Waals surface area (Å²) in [5.74, 6) is 0.131. The van der Waals surface area contributed by atoms with Crippen LogP contribution in [-0.2, 0) is 4.79 Å². The van der Waals surface area contributed by atoms with E-state index in [0.717, 1.165) is 23.1 Å². The van der Waals surface area contributed by atoms with E-state index in [1.165, 1.54) is 0 Å². The van der Waals surface area contributed by atoms with E-state index in [-0.39, 0.29) is 11.9 Å². The average Bonchev–Trinajstić information content (AvgIpc) is 2.55. The van der Waals surface area contributed by atoms with E-state index < -0.39 is 0 Å². The van der Waals surface area contributed by atoms with E-state index in [1.54, 1.807) is 11.0 Å². The maximum atomic E-state index is 11.7. The molecule has 86 valence electrons. The lowest BCUT2D eigenvalue weighted by atomic mass is 10.2. The number of carbonyl (C=O) groups excluding carboxylic acids is 1. The van der Waals surface area contributed by atoms with E-state index in [9.17, 15) is 4.79 Å². The van der Waals surface area contributed by atoms with Crippen molar-refractivity contribution >= 4 is 39.1 Å². The van der Waals surface area contributed by atoms with Crippen molar-refractivity contribution in [2.24, 2.45) is 0 Å². The molecule has 1 unspecified atom stereocenters. The number of benzene rings is 1. The number of hydrogen-bond donors (Lipinski definition) is 1. The first-order valence-corrected chi connectivity index (χ1v) is 6.21. The lowest BCUT2D eigenvalue weighted by molar-refractivity contribution is -0.127. The SMILES string of the molecule is CN1CCC(Nc2cc(Cl)ccc2Br)C1=O. The zero-order valence-corrected chi connectivity index (χ0v) is 11.2. The standard InChI is InChI=1S/C11H12BrClN2O/c1-15-5-4-9(11(15)16)14-10-6-7(13)2-3-8(10)12/h2-3,6,9,14H,4-5H2,1H3. The Bertz CT molecular complexity index is 424. The molecule has 1 heterocycles. The van der Waals surface area contributed by atoms with Crippen LogP contribution < -0.4 is 5.32 Å². The van der Waals surface area contributed by atoms with Crippen LogP contribution in [0.4, 0.5) is 5.69 Å². The van der Waals surface area contributed by atoms with Crippen LogP contribution in [0.2, 0.25) is 5.02 Å². The van der Waals surface area contributed by atoms with E-state index in [4.69, 9.17) is 11.6 Å². The van der Waals surface area contributed by atoms with E-state index in [2.05, 4.69) is 21.2 Å². The van der Waals surface area contributed by atoms with Gasteiger partial charge in [0.1, 0.15) is 6.04 Å². The Morgan fingerprint density at radius 1 is 1.56 bits per heavy atom. The van der Waals surface area contributed by atoms with Crippen LogP contribution in [0.3, 0.4) is 0 Å². The fourth-order valence-electron chi connectivity index (χ4n) is 1.75. The molecule has 0 aromatic heterocycles. The molecule has 1 amide bonds. The molecule has 1 aromatic rings. The average molecular weight is 304 g/mol. The lowest BCUT2D eigenvalue weighted by Crippen LogP contribution is -2.31. The minimum Gasteiger partial charge on any atom is -0.373 e. The zero-order chi connectivity index (χ0) is 11.7. The Balaban J connectivity index is 2.15. The summed E-state index contributed by atoms with van der Waals surface area (Å²) >= 11 is 9.34. The van der Waals surface area contributed by atoms with Gasteiger partial charge in [0, 0.05) is 23.1 Å². The Kier molecular flexibility index (Phi) is 3.40. The molecule has 2 rings (SSSR count). The normalized spacial score (nSPS) is 20.3. The molecular formula is C11H12BrClN2O. The number of amides is 1. The van der Waals surface area contributed by atoms with Gasteiger partial charge in [0.2, 0.25) is 5.91 Å². The van der Waals surface area contributed by atoms with E-state index >= 15 is 0 Å². The lowest BCUT2D eigenvalue weighted by Gasteiger charge is -2.14. The Labute approximate surface area is 108 Å². The van der Waals surface area contributed by atoms with Crippen molar-refractivity contribution < 1.29 is 4.79 Å². The van der Waals surface area contributed by atoms with Gasteiger partial charge < -0.3 is 10.2 Å². The second-order valence-electron chi connectivity index (χ2n) is 3.87. The van der Waals surface area contributed by atoms with Gasteiger partial charge in [0.15, 0.2) is 0 Å². The van der Waals surface area contributed by atoms with Crippen molar-refractivity contribution in [3.8, 4) is 0 Å². The third kappa shape index (κ3) is 2.33. The van der Waals surface area contributed by atoms with Gasteiger partial charge in [-0.05, 0) is 40.5 Å². The zero-order valence-electron chi connectivity index (χ0n) is 8.84. The highest BCUT2D eigenvalue weighted by atomic mass is 79.9. The molecule has 0 radical (unpaired) electrons. The number of likely N-dealkylation sites (tertiary alicyclic amines) is 1. The Morgan fingerprint density at radius 3 is 2.94 bits per heavy atom. The fraction of sp³-hybridized carbons (Fsp3) is 0.364. The van der Waals surface area contributed by atoms with E-state index in [0.29, 0.717) is 5.02 Å². The highest BCUT2D eigenvalue weighted by molar-refractivity contribution is 9.10. The van der Waals surface area contributed by atoms with Gasteiger partial charge in [0.25, 0.3) is 0 Å². The number of rotatable bonds is 2. The summed E-state index contributed by atoms with van der Waals surface area (Å²) in [6.07, 6.45) is 0.828. The van der Waals surface area contributed by atoms with Gasteiger partial charge in [-0.1, -0.05) is 11.6 Å². The molecule has 1 aliphatic heterocycles. The number of hydrogen-bond acceptors (Lipinski definition) is 2. The maximum Gasteiger partial charge on any atom is 0.244 e. The van der Waals surface area contributed by atoms with Crippen molar-refractivity contribution in [2.45, 2.75) is 12.5 Å². The summed E-state index contributed by atoms with van der Waals surface area (Å²) in [6, 6.07) is 5.35. The summed E-state index contributed by atoms with van der Waals surface area (Å²) in [7, 11) is 1.82. The minimum absolute atomic E-state index is 0.131. The van der Waals surface area contributed by atoms with Crippen LogP contribution in [0.5, 0.6) is 0 Å². The summed E-state index contributed by atoms with van der Waals surface area (Å²) in [6.45, 7) is 0.800. The first-order valence-electron chi connectivity index (χ1n) is 5.04. The van der Waals surface area contributed by atoms with Crippen LogP contribution in [0.15, 0.2) is 22.7 Å². The molecule has 1 aromatic carbocycles. The van der Waals surface area contributed by atoms with Crippen LogP contribution >= 0.6 is 27.5 Å². The number of nitrogens with zero attached hydrogens (tertiary/aromatic N) is 1. The topological polar surface area (TPSA) is 32.3 Å².